The zero-order chi connectivity index (χ0) is 2.71. The van der Waals surface area contributed by atoms with E-state index in [0.717, 1.165) is 0 Å². The molecule has 32 valence electrons. The molecular formula is CH6N2S2. The van der Waals surface area contributed by atoms with Crippen molar-refractivity contribution in [2.45, 2.75) is 0 Å². The molecule has 0 aromatic heterocycles. The van der Waals surface area contributed by atoms with Gasteiger partial charge in [0.25, 0.3) is 0 Å². The number of rotatable bonds is 0. The van der Waals surface area contributed by atoms with Crippen molar-refractivity contribution in [2.24, 2.45) is 0 Å². The van der Waals surface area contributed by atoms with Crippen LogP contribution in [0.2, 0.25) is 0 Å². The van der Waals surface area contributed by atoms with Gasteiger partial charge >= 0.3 is 0 Å². The summed E-state index contributed by atoms with van der Waals surface area (Å²) >= 11 is 0. The van der Waals surface area contributed by atoms with Gasteiger partial charge < -0.3 is 5.53 Å². The van der Waals surface area contributed by atoms with Crippen molar-refractivity contribution in [1.82, 2.24) is 0 Å². The quantitative estimate of drug-likeness (QED) is 0.242. The maximum atomic E-state index is 7.08. The van der Waals surface area contributed by atoms with Crippen molar-refractivity contribution < 1.29 is 4.79 Å². The standard InChI is InChI=1S/CH2N2.2H2S/c1-3-2;;/h1H2;2*1H2. The van der Waals surface area contributed by atoms with E-state index >= 15 is 0 Å². The minimum Gasteiger partial charge on any atom is -0.362 e. The van der Waals surface area contributed by atoms with Crippen LogP contribution in [0.4, 0.5) is 0 Å². The van der Waals surface area contributed by atoms with Gasteiger partial charge in [0.15, 0.2) is 0 Å². The van der Waals surface area contributed by atoms with E-state index in [1.54, 1.807) is 0 Å². The number of hydrogen-bond donors (Lipinski definition) is 0. The Morgan fingerprint density at radius 1 is 1.40 bits per heavy atom. The first-order chi connectivity index (χ1) is 1.41. The van der Waals surface area contributed by atoms with Crippen LogP contribution in [0.3, 0.4) is 0 Å². The van der Waals surface area contributed by atoms with Gasteiger partial charge in [0.05, 0.1) is 0 Å². The van der Waals surface area contributed by atoms with Crippen LogP contribution >= 0.6 is 27.0 Å². The molecule has 0 fully saturated rings. The average molecular weight is 110 g/mol. The molecule has 0 saturated carbocycles. The second-order valence-electron chi connectivity index (χ2n) is 0.141. The summed E-state index contributed by atoms with van der Waals surface area (Å²) in [6.07, 6.45) is 0. The highest BCUT2D eigenvalue weighted by molar-refractivity contribution is 7.59. The number of hydrogen-bond acceptors (Lipinski definition) is 0. The highest BCUT2D eigenvalue weighted by Gasteiger charge is 0.932. The van der Waals surface area contributed by atoms with Gasteiger partial charge in [-0.25, -0.2) is 0 Å². The SMILES string of the molecule is C=[N+]=[N-].S.S. The predicted molar refractivity (Wildman–Crippen MR) is 31.5 cm³/mol. The maximum absolute atomic E-state index is 7.08. The van der Waals surface area contributed by atoms with E-state index in [1.807, 2.05) is 0 Å². The Morgan fingerprint density at radius 3 is 1.40 bits per heavy atom. The fourth-order valence-electron chi connectivity index (χ4n) is 0. The molecule has 0 aliphatic carbocycles. The summed E-state index contributed by atoms with van der Waals surface area (Å²) in [4.78, 5) is 2.25. The second-order valence-corrected chi connectivity index (χ2v) is 0.141. The summed E-state index contributed by atoms with van der Waals surface area (Å²) < 4.78 is 0. The van der Waals surface area contributed by atoms with Gasteiger partial charge in [0.1, 0.15) is 0 Å². The molecule has 0 unspecified atom stereocenters. The largest absolute Gasteiger partial charge is 0.362 e. The Hall–Kier alpha value is 0.0800. The first-order valence-corrected chi connectivity index (χ1v) is 0.516. The van der Waals surface area contributed by atoms with Crippen molar-refractivity contribution in [2.75, 3.05) is 0 Å². The summed E-state index contributed by atoms with van der Waals surface area (Å²) in [5.74, 6) is 0. The van der Waals surface area contributed by atoms with Crippen molar-refractivity contribution in [1.29, 1.82) is 0 Å². The molecule has 0 aliphatic heterocycles. The molecule has 0 rings (SSSR count). The van der Waals surface area contributed by atoms with Crippen molar-refractivity contribution in [3.05, 3.63) is 5.53 Å². The molecule has 0 aromatic rings. The van der Waals surface area contributed by atoms with E-state index in [1.165, 1.54) is 0 Å². The maximum Gasteiger partial charge on any atom is 0.245 e. The molecular weight excluding hydrogens is 104 g/mol. The van der Waals surface area contributed by atoms with Crippen LogP contribution < -0.4 is 0 Å². The Morgan fingerprint density at radius 2 is 1.40 bits per heavy atom. The van der Waals surface area contributed by atoms with Crippen molar-refractivity contribution in [3.8, 4) is 0 Å². The minimum atomic E-state index is 0. The third kappa shape index (κ3) is 2760. The molecule has 0 amide bonds. The molecule has 2 nitrogen and oxygen atoms in total. The van der Waals surface area contributed by atoms with Gasteiger partial charge in [0.2, 0.25) is 6.72 Å². The monoisotopic (exact) mass is 110 g/mol. The highest BCUT2D eigenvalue weighted by Crippen LogP contribution is 0.902. The van der Waals surface area contributed by atoms with Crippen LogP contribution in [0.5, 0.6) is 0 Å². The zero-order valence-electron chi connectivity index (χ0n) is 2.60. The highest BCUT2D eigenvalue weighted by atomic mass is 32.1. The van der Waals surface area contributed by atoms with E-state index in [-0.39, 0.29) is 27.0 Å². The van der Waals surface area contributed by atoms with Gasteiger partial charge in [-0.15, -0.1) is 0 Å². The Labute approximate surface area is 44.7 Å². The van der Waals surface area contributed by atoms with E-state index in [0.29, 0.717) is 0 Å². The lowest BCUT2D eigenvalue weighted by Crippen LogP contribution is -1.21. The Balaban J connectivity index is -0.0000000200. The van der Waals surface area contributed by atoms with E-state index in [4.69, 9.17) is 5.53 Å². The molecule has 5 heavy (non-hydrogen) atoms. The van der Waals surface area contributed by atoms with Crippen LogP contribution in [0, 0.1) is 0 Å². The van der Waals surface area contributed by atoms with Crippen LogP contribution in [-0.4, -0.2) is 11.5 Å². The smallest absolute Gasteiger partial charge is 0.245 e. The molecule has 0 aromatic carbocycles. The summed E-state index contributed by atoms with van der Waals surface area (Å²) in [7, 11) is 0. The summed E-state index contributed by atoms with van der Waals surface area (Å²) in [6.45, 7) is 2.67. The predicted octanol–water partition coefficient (Wildman–Crippen LogP) is 0.142. The van der Waals surface area contributed by atoms with E-state index in [9.17, 15) is 0 Å². The molecule has 0 N–H and O–H groups in total. The fraction of sp³-hybridized carbons (Fsp3) is 0. The summed E-state index contributed by atoms with van der Waals surface area (Å²) in [5, 5.41) is 0. The molecule has 0 heterocycles. The molecule has 0 radical (unpaired) electrons. The van der Waals surface area contributed by atoms with Crippen LogP contribution in [0.15, 0.2) is 0 Å². The van der Waals surface area contributed by atoms with Gasteiger partial charge in [-0.2, -0.15) is 31.8 Å². The Kier molecular flexibility index (Phi) is 130. The average Bonchev–Trinajstić information content (AvgIpc) is 0.918. The topological polar surface area (TPSA) is 36.4 Å². The third-order valence-corrected chi connectivity index (χ3v) is 0. The van der Waals surface area contributed by atoms with Crippen LogP contribution in [-0.2, 0) is 0 Å². The molecule has 0 spiro atoms. The van der Waals surface area contributed by atoms with Crippen LogP contribution in [0.1, 0.15) is 0 Å². The summed E-state index contributed by atoms with van der Waals surface area (Å²) in [6, 6.07) is 0. The van der Waals surface area contributed by atoms with E-state index in [2.05, 4.69) is 11.5 Å². The lowest BCUT2D eigenvalue weighted by molar-refractivity contribution is 0.0110. The van der Waals surface area contributed by atoms with Crippen molar-refractivity contribution >= 4 is 33.7 Å². The van der Waals surface area contributed by atoms with Gasteiger partial charge in [-0.1, -0.05) is 0 Å². The van der Waals surface area contributed by atoms with Crippen molar-refractivity contribution in [3.63, 3.8) is 0 Å². The molecule has 4 heteroatoms. The normalized spacial score (nSPS) is 1.60. The fourth-order valence-corrected chi connectivity index (χ4v) is 0. The third-order valence-electron chi connectivity index (χ3n) is 0. The molecule has 0 bridgehead atoms. The van der Waals surface area contributed by atoms with E-state index < -0.39 is 0 Å². The lowest BCUT2D eigenvalue weighted by Gasteiger charge is -1.16. The van der Waals surface area contributed by atoms with Gasteiger partial charge in [0, 0.05) is 0 Å². The summed E-state index contributed by atoms with van der Waals surface area (Å²) in [5.41, 5.74) is 7.08. The molecule has 0 aliphatic rings. The van der Waals surface area contributed by atoms with Gasteiger partial charge in [-0.3, -0.25) is 0 Å². The molecule has 0 atom stereocenters. The number of nitrogens with zero attached hydrogens (tertiary/aromatic N) is 2. The lowest BCUT2D eigenvalue weighted by atomic mass is 11.8. The second kappa shape index (κ2) is 33.2. The molecule has 0 saturated heterocycles. The minimum absolute atomic E-state index is 0. The Bertz CT molecular complexity index is 28.6. The van der Waals surface area contributed by atoms with Crippen LogP contribution in [0.25, 0.3) is 5.53 Å². The van der Waals surface area contributed by atoms with Gasteiger partial charge in [-0.05, 0) is 0 Å². The zero-order valence-corrected chi connectivity index (χ0v) is 4.60. The first-order valence-electron chi connectivity index (χ1n) is 0.516. The first kappa shape index (κ1) is 19.5.